The fraction of sp³-hybridized carbons (Fsp3) is 0.318. The second-order valence-electron chi connectivity index (χ2n) is 7.51. The molecule has 152 valence electrons. The van der Waals surface area contributed by atoms with Crippen LogP contribution in [0.4, 0.5) is 10.1 Å². The lowest BCUT2D eigenvalue weighted by molar-refractivity contribution is 0.197. The van der Waals surface area contributed by atoms with Crippen LogP contribution in [0.25, 0.3) is 16.6 Å². The zero-order valence-corrected chi connectivity index (χ0v) is 16.4. The highest BCUT2D eigenvalue weighted by atomic mass is 19.1. The van der Waals surface area contributed by atoms with Crippen LogP contribution in [0.15, 0.2) is 54.7 Å². The van der Waals surface area contributed by atoms with Gasteiger partial charge in [-0.2, -0.15) is 5.10 Å². The van der Waals surface area contributed by atoms with Crippen molar-refractivity contribution in [3.8, 4) is 0 Å². The molecular weight excluding hydrogens is 367 g/mol. The lowest BCUT2D eigenvalue weighted by atomic mass is 9.89. The molecule has 0 unspecified atom stereocenters. The highest BCUT2D eigenvalue weighted by Crippen LogP contribution is 2.29. The van der Waals surface area contributed by atoms with Gasteiger partial charge in [0.2, 0.25) is 0 Å². The molecule has 2 heterocycles. The number of aromatic amines is 1. The Balaban J connectivity index is 1.44. The number of hydrogen-bond donors (Lipinski definition) is 3. The first kappa shape index (κ1) is 19.4. The third-order valence-electron chi connectivity index (χ3n) is 5.67. The standard InChI is InChI=1S/C22H27FN6/c23-11-14-28-12-9-17(10-13-28)16-5-7-18(8-6-16)29(25)15-20(24)22-19-3-1-2-4-21(19)26-27-22/h1-8,15,17H,9-14,24-25H2,(H,26,27)/b20-15-. The van der Waals surface area contributed by atoms with Gasteiger partial charge in [0.15, 0.2) is 0 Å². The van der Waals surface area contributed by atoms with E-state index in [1.807, 2.05) is 36.4 Å². The second kappa shape index (κ2) is 8.63. The summed E-state index contributed by atoms with van der Waals surface area (Å²) < 4.78 is 12.5. The van der Waals surface area contributed by atoms with Crippen molar-refractivity contribution in [3.63, 3.8) is 0 Å². The van der Waals surface area contributed by atoms with Crippen LogP contribution in [0.2, 0.25) is 0 Å². The minimum atomic E-state index is -0.267. The number of nitrogens with two attached hydrogens (primary N) is 2. The fourth-order valence-corrected chi connectivity index (χ4v) is 4.00. The summed E-state index contributed by atoms with van der Waals surface area (Å²) in [7, 11) is 0. The van der Waals surface area contributed by atoms with Crippen molar-refractivity contribution in [1.82, 2.24) is 15.1 Å². The van der Waals surface area contributed by atoms with Gasteiger partial charge in [0.25, 0.3) is 0 Å². The molecule has 1 saturated heterocycles. The van der Waals surface area contributed by atoms with Crippen LogP contribution in [0.5, 0.6) is 0 Å². The van der Waals surface area contributed by atoms with E-state index < -0.39 is 0 Å². The molecule has 0 amide bonds. The molecule has 0 aliphatic carbocycles. The van der Waals surface area contributed by atoms with E-state index in [0.717, 1.165) is 42.5 Å². The summed E-state index contributed by atoms with van der Waals surface area (Å²) in [6.45, 7) is 2.19. The molecule has 5 N–H and O–H groups in total. The third-order valence-corrected chi connectivity index (χ3v) is 5.67. The Morgan fingerprint density at radius 1 is 1.17 bits per heavy atom. The number of benzene rings is 2. The van der Waals surface area contributed by atoms with Gasteiger partial charge in [-0.1, -0.05) is 30.3 Å². The summed E-state index contributed by atoms with van der Waals surface area (Å²) in [6, 6.07) is 16.1. The average molecular weight is 394 g/mol. The highest BCUT2D eigenvalue weighted by molar-refractivity contribution is 5.89. The summed E-state index contributed by atoms with van der Waals surface area (Å²) in [5.41, 5.74) is 10.5. The van der Waals surface area contributed by atoms with Crippen molar-refractivity contribution in [3.05, 3.63) is 66.0 Å². The first-order valence-corrected chi connectivity index (χ1v) is 9.98. The van der Waals surface area contributed by atoms with Gasteiger partial charge < -0.3 is 10.6 Å². The maximum atomic E-state index is 12.5. The largest absolute Gasteiger partial charge is 0.396 e. The smallest absolute Gasteiger partial charge is 0.117 e. The predicted octanol–water partition coefficient (Wildman–Crippen LogP) is 3.35. The van der Waals surface area contributed by atoms with Crippen molar-refractivity contribution in [2.45, 2.75) is 18.8 Å². The first-order chi connectivity index (χ1) is 14.2. The second-order valence-corrected chi connectivity index (χ2v) is 7.51. The van der Waals surface area contributed by atoms with Crippen LogP contribution >= 0.6 is 0 Å². The lowest BCUT2D eigenvalue weighted by Gasteiger charge is -2.31. The molecule has 7 heteroatoms. The van der Waals surface area contributed by atoms with E-state index in [0.29, 0.717) is 23.9 Å². The van der Waals surface area contributed by atoms with Crippen LogP contribution in [-0.2, 0) is 0 Å². The van der Waals surface area contributed by atoms with E-state index in [9.17, 15) is 4.39 Å². The molecule has 0 radical (unpaired) electrons. The van der Waals surface area contributed by atoms with E-state index in [1.54, 1.807) is 6.20 Å². The maximum Gasteiger partial charge on any atom is 0.117 e. The number of H-pyrrole nitrogens is 1. The van der Waals surface area contributed by atoms with Gasteiger partial charge in [-0.05, 0) is 55.6 Å². The van der Waals surface area contributed by atoms with Gasteiger partial charge in [-0.25, -0.2) is 10.2 Å². The molecule has 0 atom stereocenters. The molecule has 1 aliphatic rings. The number of aromatic nitrogens is 2. The Morgan fingerprint density at radius 2 is 1.90 bits per heavy atom. The van der Waals surface area contributed by atoms with Crippen LogP contribution in [-0.4, -0.2) is 41.4 Å². The van der Waals surface area contributed by atoms with Crippen LogP contribution in [0.3, 0.4) is 0 Å². The number of halogens is 1. The predicted molar refractivity (Wildman–Crippen MR) is 116 cm³/mol. The number of rotatable bonds is 6. The summed E-state index contributed by atoms with van der Waals surface area (Å²) in [5, 5.41) is 9.77. The van der Waals surface area contributed by atoms with Crippen LogP contribution in [0, 0.1) is 0 Å². The van der Waals surface area contributed by atoms with E-state index in [4.69, 9.17) is 11.6 Å². The molecule has 6 nitrogen and oxygen atoms in total. The van der Waals surface area contributed by atoms with Crippen molar-refractivity contribution in [2.24, 2.45) is 11.6 Å². The van der Waals surface area contributed by atoms with Crippen molar-refractivity contribution >= 4 is 22.3 Å². The average Bonchev–Trinajstić information content (AvgIpc) is 3.19. The number of anilines is 1. The number of fused-ring (bicyclic) bond motifs is 1. The molecule has 0 bridgehead atoms. The number of likely N-dealkylation sites (tertiary alicyclic amines) is 1. The summed E-state index contributed by atoms with van der Waals surface area (Å²) in [6.07, 6.45) is 3.81. The van der Waals surface area contributed by atoms with E-state index in [1.165, 1.54) is 10.6 Å². The molecule has 0 saturated carbocycles. The topological polar surface area (TPSA) is 87.2 Å². The van der Waals surface area contributed by atoms with E-state index >= 15 is 0 Å². The van der Waals surface area contributed by atoms with E-state index in [-0.39, 0.29) is 6.67 Å². The number of nitrogens with one attached hydrogen (secondary N) is 1. The quantitative estimate of drug-likeness (QED) is 0.441. The number of alkyl halides is 1. The van der Waals surface area contributed by atoms with Gasteiger partial charge >= 0.3 is 0 Å². The zero-order valence-electron chi connectivity index (χ0n) is 16.4. The Bertz CT molecular complexity index is 972. The number of nitrogens with zero attached hydrogens (tertiary/aromatic N) is 3. The molecule has 3 aromatic rings. The molecule has 1 fully saturated rings. The first-order valence-electron chi connectivity index (χ1n) is 9.98. The number of hydrazine groups is 1. The van der Waals surface area contributed by atoms with Gasteiger partial charge in [-0.15, -0.1) is 0 Å². The molecule has 2 aromatic carbocycles. The molecular formula is C22H27FN6. The molecule has 29 heavy (non-hydrogen) atoms. The SMILES string of the molecule is N/C(=C\N(N)c1ccc(C2CCN(CCF)CC2)cc1)c1n[nH]c2ccccc12. The van der Waals surface area contributed by atoms with Gasteiger partial charge in [0, 0.05) is 18.1 Å². The zero-order chi connectivity index (χ0) is 20.2. The lowest BCUT2D eigenvalue weighted by Crippen LogP contribution is -2.34. The normalized spacial score (nSPS) is 16.4. The summed E-state index contributed by atoms with van der Waals surface area (Å²) in [4.78, 5) is 2.19. The Morgan fingerprint density at radius 3 is 2.62 bits per heavy atom. The highest BCUT2D eigenvalue weighted by Gasteiger charge is 2.20. The monoisotopic (exact) mass is 394 g/mol. The minimum absolute atomic E-state index is 0.267. The van der Waals surface area contributed by atoms with Crippen molar-refractivity contribution in [2.75, 3.05) is 31.3 Å². The maximum absolute atomic E-state index is 12.5. The molecule has 0 spiro atoms. The van der Waals surface area contributed by atoms with E-state index in [2.05, 4.69) is 27.2 Å². The summed E-state index contributed by atoms with van der Waals surface area (Å²) >= 11 is 0. The molecule has 4 rings (SSSR count). The van der Waals surface area contributed by atoms with Gasteiger partial charge in [0.1, 0.15) is 12.4 Å². The Labute approximate surface area is 169 Å². The number of para-hydroxylation sites is 1. The Kier molecular flexibility index (Phi) is 5.78. The number of hydrogen-bond acceptors (Lipinski definition) is 5. The summed E-state index contributed by atoms with van der Waals surface area (Å²) in [5.74, 6) is 6.74. The Hall–Kier alpha value is -2.90. The van der Waals surface area contributed by atoms with Gasteiger partial charge in [0.05, 0.1) is 16.9 Å². The van der Waals surface area contributed by atoms with Crippen molar-refractivity contribution in [1.29, 1.82) is 0 Å². The molecule has 1 aliphatic heterocycles. The van der Waals surface area contributed by atoms with Crippen molar-refractivity contribution < 1.29 is 4.39 Å². The van der Waals surface area contributed by atoms with Crippen LogP contribution < -0.4 is 16.6 Å². The van der Waals surface area contributed by atoms with Crippen LogP contribution in [0.1, 0.15) is 30.0 Å². The molecule has 1 aromatic heterocycles. The number of piperidine rings is 1. The minimum Gasteiger partial charge on any atom is -0.396 e. The fourth-order valence-electron chi connectivity index (χ4n) is 4.00. The third kappa shape index (κ3) is 4.26. The van der Waals surface area contributed by atoms with Gasteiger partial charge in [-0.3, -0.25) is 10.1 Å².